The van der Waals surface area contributed by atoms with Crippen molar-refractivity contribution >= 4 is 33.4 Å². The van der Waals surface area contributed by atoms with Crippen molar-refractivity contribution in [3.63, 3.8) is 0 Å². The number of halogens is 2. The number of rotatable bonds is 6. The number of aromatic amines is 1. The molecule has 0 aliphatic carbocycles. The molecule has 1 atom stereocenters. The monoisotopic (exact) mass is 446 g/mol. The molecule has 0 saturated carbocycles. The fraction of sp³-hybridized carbons (Fsp3) is 0.222. The molecule has 3 rings (SSSR count). The Morgan fingerprint density at radius 2 is 2.30 bits per heavy atom. The molecule has 0 spiro atoms. The van der Waals surface area contributed by atoms with Crippen LogP contribution in [-0.2, 0) is 17.8 Å². The van der Waals surface area contributed by atoms with Gasteiger partial charge in [0.2, 0.25) is 5.91 Å². The Morgan fingerprint density at radius 3 is 2.96 bits per heavy atom. The van der Waals surface area contributed by atoms with Gasteiger partial charge in [0.15, 0.2) is 4.73 Å². The van der Waals surface area contributed by atoms with Crippen molar-refractivity contribution in [2.45, 2.75) is 25.9 Å². The zero-order valence-electron chi connectivity index (χ0n) is 14.4. The highest BCUT2D eigenvalue weighted by molar-refractivity contribution is 9.10. The van der Waals surface area contributed by atoms with E-state index in [1.54, 1.807) is 23.0 Å². The number of nitrogens with zero attached hydrogens (tertiary/aromatic N) is 4. The predicted molar refractivity (Wildman–Crippen MR) is 105 cm³/mol. The van der Waals surface area contributed by atoms with Crippen molar-refractivity contribution in [1.82, 2.24) is 25.1 Å². The highest BCUT2D eigenvalue weighted by Gasteiger charge is 2.12. The largest absolute Gasteiger partial charge is 0.351 e. The quantitative estimate of drug-likeness (QED) is 0.605. The van der Waals surface area contributed by atoms with Crippen molar-refractivity contribution in [1.29, 1.82) is 5.26 Å². The number of benzene rings is 1. The lowest BCUT2D eigenvalue weighted by atomic mass is 10.1. The summed E-state index contributed by atoms with van der Waals surface area (Å²) in [6.07, 6.45) is 3.70. The van der Waals surface area contributed by atoms with Gasteiger partial charge in [0, 0.05) is 29.7 Å². The minimum Gasteiger partial charge on any atom is -0.351 e. The standard InChI is InChI=1S/C18H16BrClN6O/c1-11(23-17(27)7-14-9-22-18(19)24-14)10-26-5-4-16(25-26)12-2-3-13(8-21)15(20)6-12/h2-6,9,11H,7,10H2,1H3,(H,22,24)(H,23,27)/t11-/m0/s1. The summed E-state index contributed by atoms with van der Waals surface area (Å²) in [5.74, 6) is -0.0927. The lowest BCUT2D eigenvalue weighted by Gasteiger charge is -2.13. The predicted octanol–water partition coefficient (Wildman–Crippen LogP) is 3.31. The number of nitrogens with one attached hydrogen (secondary N) is 2. The van der Waals surface area contributed by atoms with E-state index >= 15 is 0 Å². The highest BCUT2D eigenvalue weighted by atomic mass is 79.9. The number of hydrogen-bond donors (Lipinski definition) is 2. The first-order valence-corrected chi connectivity index (χ1v) is 9.34. The molecule has 3 aromatic rings. The van der Waals surface area contributed by atoms with E-state index < -0.39 is 0 Å². The molecule has 2 aromatic heterocycles. The van der Waals surface area contributed by atoms with E-state index in [1.165, 1.54) is 0 Å². The molecule has 0 unspecified atom stereocenters. The van der Waals surface area contributed by atoms with Gasteiger partial charge in [0.05, 0.1) is 29.2 Å². The van der Waals surface area contributed by atoms with E-state index in [-0.39, 0.29) is 18.4 Å². The lowest BCUT2D eigenvalue weighted by molar-refractivity contribution is -0.121. The number of hydrogen-bond acceptors (Lipinski definition) is 4. The van der Waals surface area contributed by atoms with Crippen molar-refractivity contribution in [3.8, 4) is 17.3 Å². The van der Waals surface area contributed by atoms with Gasteiger partial charge in [-0.3, -0.25) is 9.48 Å². The summed E-state index contributed by atoms with van der Waals surface area (Å²) in [6, 6.07) is 9.02. The molecule has 0 fully saturated rings. The van der Waals surface area contributed by atoms with Crippen LogP contribution in [0.25, 0.3) is 11.3 Å². The SMILES string of the molecule is C[C@@H](Cn1ccc(-c2ccc(C#N)c(Cl)c2)n1)NC(=O)Cc1cnc(Br)[nH]1. The van der Waals surface area contributed by atoms with Gasteiger partial charge in [0.1, 0.15) is 6.07 Å². The summed E-state index contributed by atoms with van der Waals surface area (Å²) < 4.78 is 2.37. The maximum Gasteiger partial charge on any atom is 0.226 e. The van der Waals surface area contributed by atoms with Gasteiger partial charge >= 0.3 is 0 Å². The molecule has 9 heteroatoms. The number of carbonyl (C=O) groups is 1. The van der Waals surface area contributed by atoms with E-state index in [4.69, 9.17) is 16.9 Å². The number of nitriles is 1. The number of aromatic nitrogens is 4. The molecule has 2 heterocycles. The molecule has 0 aliphatic heterocycles. The summed E-state index contributed by atoms with van der Waals surface area (Å²) in [5, 5.41) is 16.8. The fourth-order valence-electron chi connectivity index (χ4n) is 2.63. The summed E-state index contributed by atoms with van der Waals surface area (Å²) in [5.41, 5.74) is 2.76. The maximum atomic E-state index is 12.1. The average Bonchev–Trinajstić information content (AvgIpc) is 3.23. The number of amides is 1. The third-order valence-corrected chi connectivity index (χ3v) is 4.56. The van der Waals surface area contributed by atoms with Crippen LogP contribution in [0.15, 0.2) is 41.4 Å². The van der Waals surface area contributed by atoms with Crippen molar-refractivity contribution in [3.05, 3.63) is 57.7 Å². The summed E-state index contributed by atoms with van der Waals surface area (Å²) in [4.78, 5) is 19.1. The second-order valence-electron chi connectivity index (χ2n) is 6.07. The van der Waals surface area contributed by atoms with Crippen LogP contribution < -0.4 is 5.32 Å². The fourth-order valence-corrected chi connectivity index (χ4v) is 3.21. The minimum absolute atomic E-state index is 0.0927. The molecule has 138 valence electrons. The molecule has 0 radical (unpaired) electrons. The van der Waals surface area contributed by atoms with Crippen LogP contribution in [0, 0.1) is 11.3 Å². The van der Waals surface area contributed by atoms with Crippen molar-refractivity contribution < 1.29 is 4.79 Å². The third kappa shape index (κ3) is 4.96. The van der Waals surface area contributed by atoms with E-state index in [0.29, 0.717) is 21.9 Å². The first-order valence-electron chi connectivity index (χ1n) is 8.17. The number of carbonyl (C=O) groups excluding carboxylic acids is 1. The second kappa shape index (κ2) is 8.37. The summed E-state index contributed by atoms with van der Waals surface area (Å²) in [7, 11) is 0. The molecular formula is C18H16BrClN6O. The molecule has 0 aliphatic rings. The zero-order chi connectivity index (χ0) is 19.4. The molecule has 27 heavy (non-hydrogen) atoms. The van der Waals surface area contributed by atoms with Crippen LogP contribution in [0.4, 0.5) is 0 Å². The number of H-pyrrole nitrogens is 1. The third-order valence-electron chi connectivity index (χ3n) is 3.84. The lowest BCUT2D eigenvalue weighted by Crippen LogP contribution is -2.36. The van der Waals surface area contributed by atoms with Gasteiger partial charge in [-0.2, -0.15) is 10.4 Å². The van der Waals surface area contributed by atoms with Crippen LogP contribution in [0.5, 0.6) is 0 Å². The molecule has 2 N–H and O–H groups in total. The molecule has 0 bridgehead atoms. The topological polar surface area (TPSA) is 99.4 Å². The molecule has 0 saturated heterocycles. The van der Waals surface area contributed by atoms with Gasteiger partial charge in [-0.1, -0.05) is 17.7 Å². The Labute approximate surface area is 169 Å². The first kappa shape index (κ1) is 19.1. The highest BCUT2D eigenvalue weighted by Crippen LogP contribution is 2.24. The van der Waals surface area contributed by atoms with Crippen LogP contribution in [-0.4, -0.2) is 31.7 Å². The van der Waals surface area contributed by atoms with Gasteiger partial charge in [-0.25, -0.2) is 4.98 Å². The Balaban J connectivity index is 1.59. The minimum atomic E-state index is -0.0961. The smallest absolute Gasteiger partial charge is 0.226 e. The van der Waals surface area contributed by atoms with Crippen LogP contribution in [0.3, 0.4) is 0 Å². The Kier molecular flexibility index (Phi) is 5.94. The van der Waals surface area contributed by atoms with Gasteiger partial charge < -0.3 is 10.3 Å². The van der Waals surface area contributed by atoms with Crippen molar-refractivity contribution in [2.24, 2.45) is 0 Å². The Hall–Kier alpha value is -2.63. The van der Waals surface area contributed by atoms with E-state index in [9.17, 15) is 4.79 Å². The molecule has 7 nitrogen and oxygen atoms in total. The normalized spacial score (nSPS) is 11.8. The van der Waals surface area contributed by atoms with Gasteiger partial charge in [-0.05, 0) is 41.1 Å². The van der Waals surface area contributed by atoms with Crippen LogP contribution >= 0.6 is 27.5 Å². The first-order chi connectivity index (χ1) is 12.9. The van der Waals surface area contributed by atoms with E-state index in [2.05, 4.69) is 36.3 Å². The van der Waals surface area contributed by atoms with Crippen molar-refractivity contribution in [2.75, 3.05) is 0 Å². The van der Waals surface area contributed by atoms with Gasteiger partial charge in [-0.15, -0.1) is 0 Å². The zero-order valence-corrected chi connectivity index (χ0v) is 16.8. The van der Waals surface area contributed by atoms with E-state index in [0.717, 1.165) is 17.0 Å². The maximum absolute atomic E-state index is 12.1. The molecule has 1 aromatic carbocycles. The Morgan fingerprint density at radius 1 is 1.48 bits per heavy atom. The molecule has 1 amide bonds. The second-order valence-corrected chi connectivity index (χ2v) is 7.23. The number of imidazole rings is 1. The van der Waals surface area contributed by atoms with Crippen LogP contribution in [0.1, 0.15) is 18.2 Å². The summed E-state index contributed by atoms with van der Waals surface area (Å²) in [6.45, 7) is 2.45. The molecular weight excluding hydrogens is 432 g/mol. The van der Waals surface area contributed by atoms with Gasteiger partial charge in [0.25, 0.3) is 0 Å². The summed E-state index contributed by atoms with van der Waals surface area (Å²) >= 11 is 9.30. The Bertz CT molecular complexity index is 1010. The van der Waals surface area contributed by atoms with Crippen LogP contribution in [0.2, 0.25) is 5.02 Å². The van der Waals surface area contributed by atoms with E-state index in [1.807, 2.05) is 31.3 Å². The average molecular weight is 448 g/mol.